The Labute approximate surface area is 204 Å². The molecule has 3 rings (SSSR count). The van der Waals surface area contributed by atoms with E-state index in [4.69, 9.17) is 17.0 Å². The maximum atomic E-state index is 12.8. The van der Waals surface area contributed by atoms with E-state index in [0.717, 1.165) is 5.56 Å². The van der Waals surface area contributed by atoms with Crippen molar-refractivity contribution < 1.29 is 17.9 Å². The number of para-hydroxylation sites is 1. The number of amides is 1. The molecule has 0 unspecified atom stereocenters. The van der Waals surface area contributed by atoms with Crippen LogP contribution in [0.5, 0.6) is 5.75 Å². The first-order chi connectivity index (χ1) is 16.4. The number of benzene rings is 3. The second-order valence-electron chi connectivity index (χ2n) is 7.15. The van der Waals surface area contributed by atoms with Crippen molar-refractivity contribution in [1.29, 1.82) is 0 Å². The fourth-order valence-electron chi connectivity index (χ4n) is 3.01. The van der Waals surface area contributed by atoms with Gasteiger partial charge in [-0.25, -0.2) is 13.1 Å². The number of ether oxygens (including phenoxy) is 1. The van der Waals surface area contributed by atoms with Gasteiger partial charge in [0.25, 0.3) is 5.91 Å². The Bertz CT molecular complexity index is 1240. The lowest BCUT2D eigenvalue weighted by molar-refractivity contribution is 0.0974. The molecule has 0 aromatic heterocycles. The molecule has 0 heterocycles. The maximum Gasteiger partial charge on any atom is 0.261 e. The van der Waals surface area contributed by atoms with Gasteiger partial charge in [-0.3, -0.25) is 10.1 Å². The third-order valence-electron chi connectivity index (χ3n) is 4.69. The predicted molar refractivity (Wildman–Crippen MR) is 138 cm³/mol. The number of carbonyl (C=O) groups is 1. The smallest absolute Gasteiger partial charge is 0.261 e. The third kappa shape index (κ3) is 7.24. The summed E-state index contributed by atoms with van der Waals surface area (Å²) >= 11 is 5.24. The lowest BCUT2D eigenvalue weighted by Crippen LogP contribution is -2.34. The Hall–Kier alpha value is -3.53. The van der Waals surface area contributed by atoms with Crippen LogP contribution in [0.2, 0.25) is 0 Å². The van der Waals surface area contributed by atoms with Gasteiger partial charge in [-0.15, -0.1) is 6.58 Å². The van der Waals surface area contributed by atoms with Crippen LogP contribution in [0.1, 0.15) is 15.9 Å². The SMILES string of the molecule is C=CCNS(=O)(=O)c1ccc(NC(=S)NC(=O)c2ccccc2OCCc2ccccc2)cc1. The summed E-state index contributed by atoms with van der Waals surface area (Å²) < 4.78 is 32.5. The van der Waals surface area contributed by atoms with Crippen LogP contribution in [0.3, 0.4) is 0 Å². The molecule has 0 aliphatic rings. The van der Waals surface area contributed by atoms with Crippen molar-refractivity contribution in [2.24, 2.45) is 0 Å². The number of hydrogen-bond acceptors (Lipinski definition) is 5. The Balaban J connectivity index is 1.57. The van der Waals surface area contributed by atoms with Crippen LogP contribution in [0.4, 0.5) is 5.69 Å². The molecular weight excluding hydrogens is 470 g/mol. The van der Waals surface area contributed by atoms with Gasteiger partial charge < -0.3 is 10.1 Å². The highest BCUT2D eigenvalue weighted by atomic mass is 32.2. The summed E-state index contributed by atoms with van der Waals surface area (Å²) in [7, 11) is -3.62. The van der Waals surface area contributed by atoms with Crippen molar-refractivity contribution in [1.82, 2.24) is 10.0 Å². The summed E-state index contributed by atoms with van der Waals surface area (Å²) in [6.45, 7) is 4.05. The molecule has 0 fully saturated rings. The summed E-state index contributed by atoms with van der Waals surface area (Å²) in [5.41, 5.74) is 2.03. The average Bonchev–Trinajstić information content (AvgIpc) is 2.84. The Morgan fingerprint density at radius 2 is 1.65 bits per heavy atom. The minimum Gasteiger partial charge on any atom is -0.492 e. The van der Waals surface area contributed by atoms with Crippen molar-refractivity contribution in [3.63, 3.8) is 0 Å². The monoisotopic (exact) mass is 495 g/mol. The number of carbonyl (C=O) groups excluding carboxylic acids is 1. The zero-order valence-electron chi connectivity index (χ0n) is 18.4. The standard InChI is InChI=1S/C25H25N3O4S2/c1-2-17-26-34(30,31)21-14-12-20(13-15-21)27-25(33)28-24(29)22-10-6-7-11-23(22)32-18-16-19-8-4-3-5-9-19/h2-15,26H,1,16-18H2,(H2,27,28,29,33). The number of rotatable bonds is 10. The third-order valence-corrected chi connectivity index (χ3v) is 6.33. The summed E-state index contributed by atoms with van der Waals surface area (Å²) in [6.07, 6.45) is 2.17. The first-order valence-corrected chi connectivity index (χ1v) is 12.4. The maximum absolute atomic E-state index is 12.8. The van der Waals surface area contributed by atoms with Crippen LogP contribution < -0.4 is 20.1 Å². The van der Waals surface area contributed by atoms with Gasteiger partial charge in [0.1, 0.15) is 5.75 Å². The molecule has 0 atom stereocenters. The summed E-state index contributed by atoms with van der Waals surface area (Å²) in [5, 5.41) is 5.58. The minimum absolute atomic E-state index is 0.0736. The molecule has 3 N–H and O–H groups in total. The van der Waals surface area contributed by atoms with Crippen LogP contribution in [-0.4, -0.2) is 32.6 Å². The number of anilines is 1. The van der Waals surface area contributed by atoms with Crippen LogP contribution in [-0.2, 0) is 16.4 Å². The molecule has 0 aliphatic carbocycles. The molecule has 7 nitrogen and oxygen atoms in total. The molecule has 3 aromatic rings. The van der Waals surface area contributed by atoms with Crippen molar-refractivity contribution >= 4 is 38.9 Å². The molecule has 1 amide bonds. The summed E-state index contributed by atoms with van der Waals surface area (Å²) in [5.74, 6) is 0.0425. The van der Waals surface area contributed by atoms with E-state index >= 15 is 0 Å². The number of hydrogen-bond donors (Lipinski definition) is 3. The molecule has 176 valence electrons. The second-order valence-corrected chi connectivity index (χ2v) is 9.33. The number of thiocarbonyl (C=S) groups is 1. The fraction of sp³-hybridized carbons (Fsp3) is 0.120. The Kier molecular flexibility index (Phi) is 8.92. The predicted octanol–water partition coefficient (Wildman–Crippen LogP) is 3.90. The van der Waals surface area contributed by atoms with Crippen LogP contribution >= 0.6 is 12.2 Å². The highest BCUT2D eigenvalue weighted by Gasteiger charge is 2.15. The molecule has 0 bridgehead atoms. The zero-order chi connectivity index (χ0) is 24.4. The van der Waals surface area contributed by atoms with Crippen molar-refractivity contribution in [2.45, 2.75) is 11.3 Å². The molecule has 0 saturated heterocycles. The lowest BCUT2D eigenvalue weighted by atomic mass is 10.1. The van der Waals surface area contributed by atoms with E-state index in [1.165, 1.54) is 18.2 Å². The van der Waals surface area contributed by atoms with E-state index in [9.17, 15) is 13.2 Å². The van der Waals surface area contributed by atoms with Gasteiger partial charge in [-0.1, -0.05) is 48.5 Å². The van der Waals surface area contributed by atoms with E-state index < -0.39 is 15.9 Å². The average molecular weight is 496 g/mol. The second kappa shape index (κ2) is 12.1. The summed E-state index contributed by atoms with van der Waals surface area (Å²) in [4.78, 5) is 12.9. The fourth-order valence-corrected chi connectivity index (χ4v) is 4.21. The van der Waals surface area contributed by atoms with Gasteiger partial charge >= 0.3 is 0 Å². The molecule has 9 heteroatoms. The highest BCUT2D eigenvalue weighted by Crippen LogP contribution is 2.19. The molecule has 3 aromatic carbocycles. The molecule has 0 radical (unpaired) electrons. The number of nitrogens with one attached hydrogen (secondary N) is 3. The quantitative estimate of drug-likeness (QED) is 0.292. The van der Waals surface area contributed by atoms with Gasteiger partial charge in [0.05, 0.1) is 17.1 Å². The van der Waals surface area contributed by atoms with E-state index in [-0.39, 0.29) is 16.6 Å². The van der Waals surface area contributed by atoms with Crippen LogP contribution in [0, 0.1) is 0 Å². The highest BCUT2D eigenvalue weighted by molar-refractivity contribution is 7.89. The van der Waals surface area contributed by atoms with Gasteiger partial charge in [0.2, 0.25) is 10.0 Å². The van der Waals surface area contributed by atoms with Gasteiger partial charge in [-0.2, -0.15) is 0 Å². The Morgan fingerprint density at radius 1 is 0.971 bits per heavy atom. The zero-order valence-corrected chi connectivity index (χ0v) is 20.0. The Morgan fingerprint density at radius 3 is 2.35 bits per heavy atom. The minimum atomic E-state index is -3.62. The van der Waals surface area contributed by atoms with E-state index in [1.54, 1.807) is 36.4 Å². The van der Waals surface area contributed by atoms with Crippen LogP contribution in [0.25, 0.3) is 0 Å². The van der Waals surface area contributed by atoms with E-state index in [2.05, 4.69) is 21.9 Å². The van der Waals surface area contributed by atoms with Crippen LogP contribution in [0.15, 0.2) is 96.4 Å². The first kappa shape index (κ1) is 25.1. The summed E-state index contributed by atoms with van der Waals surface area (Å²) in [6, 6.07) is 22.9. The van der Waals surface area contributed by atoms with Gasteiger partial charge in [-0.05, 0) is 54.2 Å². The molecule has 0 spiro atoms. The normalized spacial score (nSPS) is 10.8. The van der Waals surface area contributed by atoms with Crippen molar-refractivity contribution in [3.05, 3.63) is 103 Å². The topological polar surface area (TPSA) is 96.5 Å². The van der Waals surface area contributed by atoms with E-state index in [0.29, 0.717) is 30.0 Å². The molecular formula is C25H25N3O4S2. The van der Waals surface area contributed by atoms with E-state index in [1.807, 2.05) is 30.3 Å². The molecule has 34 heavy (non-hydrogen) atoms. The van der Waals surface area contributed by atoms with Crippen molar-refractivity contribution in [3.8, 4) is 5.75 Å². The van der Waals surface area contributed by atoms with Crippen molar-refractivity contribution in [2.75, 3.05) is 18.5 Å². The van der Waals surface area contributed by atoms with Gasteiger partial charge in [0.15, 0.2) is 5.11 Å². The van der Waals surface area contributed by atoms with Gasteiger partial charge in [0, 0.05) is 18.7 Å². The largest absolute Gasteiger partial charge is 0.492 e. The first-order valence-electron chi connectivity index (χ1n) is 10.5. The molecule has 0 aliphatic heterocycles. The number of sulfonamides is 1. The lowest BCUT2D eigenvalue weighted by Gasteiger charge is -2.13. The molecule has 0 saturated carbocycles.